The average molecular weight is 438 g/mol. The highest BCUT2D eigenvalue weighted by Crippen LogP contribution is 2.43. The quantitative estimate of drug-likeness (QED) is 0.706. The maximum atomic E-state index is 13.2. The molecule has 1 aromatic rings. The number of benzene rings is 1. The summed E-state index contributed by atoms with van der Waals surface area (Å²) in [5, 5.41) is 7.72. The SMILES string of the molecule is N#CCC(=O)N=C1S[C@H]2CS(=O)(=O)C[C@@H]2N1c1ccc(Cl)c(C(F)(F)F)c1. The van der Waals surface area contributed by atoms with Gasteiger partial charge in [-0.25, -0.2) is 8.42 Å². The van der Waals surface area contributed by atoms with Crippen LogP contribution >= 0.6 is 23.4 Å². The fourth-order valence-electron chi connectivity index (χ4n) is 2.96. The molecule has 27 heavy (non-hydrogen) atoms. The molecule has 0 spiro atoms. The van der Waals surface area contributed by atoms with Gasteiger partial charge in [0.2, 0.25) is 0 Å². The Kier molecular flexibility index (Phi) is 5.18. The first-order valence-corrected chi connectivity index (χ1v) is 10.6. The smallest absolute Gasteiger partial charge is 0.316 e. The Morgan fingerprint density at radius 3 is 2.74 bits per heavy atom. The molecule has 1 amide bonds. The number of thioether (sulfide) groups is 1. The highest BCUT2D eigenvalue weighted by molar-refractivity contribution is 8.16. The monoisotopic (exact) mass is 437 g/mol. The normalized spacial score (nSPS) is 25.4. The van der Waals surface area contributed by atoms with E-state index in [1.165, 1.54) is 11.0 Å². The number of hydrogen-bond donors (Lipinski definition) is 0. The Morgan fingerprint density at radius 1 is 1.41 bits per heavy atom. The lowest BCUT2D eigenvalue weighted by Crippen LogP contribution is -2.37. The Balaban J connectivity index is 2.08. The van der Waals surface area contributed by atoms with Crippen LogP contribution in [0.4, 0.5) is 18.9 Å². The number of sulfone groups is 1. The third-order valence-corrected chi connectivity index (χ3v) is 7.59. The number of hydrogen-bond acceptors (Lipinski definition) is 5. The van der Waals surface area contributed by atoms with E-state index in [-0.39, 0.29) is 22.4 Å². The van der Waals surface area contributed by atoms with Gasteiger partial charge in [0, 0.05) is 10.9 Å². The number of halogens is 4. The summed E-state index contributed by atoms with van der Waals surface area (Å²) in [7, 11) is -3.36. The summed E-state index contributed by atoms with van der Waals surface area (Å²) in [6.07, 6.45) is -5.19. The first-order chi connectivity index (χ1) is 12.5. The van der Waals surface area contributed by atoms with Crippen LogP contribution in [0.1, 0.15) is 12.0 Å². The molecule has 2 fully saturated rings. The van der Waals surface area contributed by atoms with Gasteiger partial charge in [-0.15, -0.1) is 0 Å². The zero-order chi connectivity index (χ0) is 20.0. The molecule has 2 saturated heterocycles. The second kappa shape index (κ2) is 7.00. The van der Waals surface area contributed by atoms with Crippen molar-refractivity contribution in [2.24, 2.45) is 4.99 Å². The van der Waals surface area contributed by atoms with Crippen molar-refractivity contribution in [3.8, 4) is 6.07 Å². The fraction of sp³-hybridized carbons (Fsp3) is 0.400. The topological polar surface area (TPSA) is 90.6 Å². The number of aliphatic imine (C=N–C) groups is 1. The molecule has 2 aliphatic rings. The van der Waals surface area contributed by atoms with Crippen LogP contribution in [0.15, 0.2) is 23.2 Å². The van der Waals surface area contributed by atoms with Gasteiger partial charge in [0.05, 0.1) is 34.2 Å². The zero-order valence-corrected chi connectivity index (χ0v) is 15.8. The van der Waals surface area contributed by atoms with E-state index >= 15 is 0 Å². The molecule has 0 bridgehead atoms. The number of fused-ring (bicyclic) bond motifs is 1. The molecular weight excluding hydrogens is 427 g/mol. The van der Waals surface area contributed by atoms with Crippen LogP contribution in [0.5, 0.6) is 0 Å². The second-order valence-electron chi connectivity index (χ2n) is 5.96. The number of nitrogens with zero attached hydrogens (tertiary/aromatic N) is 3. The lowest BCUT2D eigenvalue weighted by molar-refractivity contribution is -0.137. The van der Waals surface area contributed by atoms with Gasteiger partial charge in [0.15, 0.2) is 15.0 Å². The third-order valence-electron chi connectivity index (χ3n) is 4.05. The average Bonchev–Trinajstić information content (AvgIpc) is 2.98. The van der Waals surface area contributed by atoms with Gasteiger partial charge in [-0.05, 0) is 18.2 Å². The molecule has 12 heteroatoms. The first kappa shape index (κ1) is 20.0. The number of carbonyl (C=O) groups excluding carboxylic acids is 1. The van der Waals surface area contributed by atoms with Gasteiger partial charge in [0.25, 0.3) is 5.91 Å². The van der Waals surface area contributed by atoms with E-state index < -0.39 is 50.2 Å². The van der Waals surface area contributed by atoms with Crippen LogP contribution in [0.2, 0.25) is 5.02 Å². The number of carbonyl (C=O) groups is 1. The summed E-state index contributed by atoms with van der Waals surface area (Å²) >= 11 is 6.66. The van der Waals surface area contributed by atoms with E-state index in [1.807, 2.05) is 0 Å². The predicted molar refractivity (Wildman–Crippen MR) is 95.4 cm³/mol. The van der Waals surface area contributed by atoms with Crippen LogP contribution in [0.25, 0.3) is 0 Å². The lowest BCUT2D eigenvalue weighted by atomic mass is 10.1. The minimum atomic E-state index is -4.70. The zero-order valence-electron chi connectivity index (χ0n) is 13.4. The van der Waals surface area contributed by atoms with Crippen LogP contribution in [0, 0.1) is 11.3 Å². The van der Waals surface area contributed by atoms with E-state index in [0.717, 1.165) is 23.9 Å². The van der Waals surface area contributed by atoms with Crippen molar-refractivity contribution in [1.82, 2.24) is 0 Å². The van der Waals surface area contributed by atoms with E-state index in [1.54, 1.807) is 6.07 Å². The standard InChI is InChI=1S/C15H11ClF3N3O3S2/c16-10-2-1-8(5-9(10)15(17,18)19)22-11-6-27(24,25)7-12(11)26-14(22)21-13(23)3-4-20/h1-2,5,11-12H,3,6-7H2/t11-,12-/m0/s1. The summed E-state index contributed by atoms with van der Waals surface area (Å²) in [5.41, 5.74) is -1.04. The van der Waals surface area contributed by atoms with Crippen LogP contribution < -0.4 is 4.90 Å². The Hall–Kier alpha value is -1.77. The Morgan fingerprint density at radius 2 is 2.11 bits per heavy atom. The molecule has 0 unspecified atom stereocenters. The lowest BCUT2D eigenvalue weighted by Gasteiger charge is -2.25. The maximum Gasteiger partial charge on any atom is 0.417 e. The molecule has 3 rings (SSSR count). The van der Waals surface area contributed by atoms with Gasteiger partial charge >= 0.3 is 6.18 Å². The number of alkyl halides is 3. The molecule has 0 radical (unpaired) electrons. The van der Waals surface area contributed by atoms with Crippen molar-refractivity contribution in [2.45, 2.75) is 23.9 Å². The molecule has 6 nitrogen and oxygen atoms in total. The number of amidine groups is 1. The van der Waals surface area contributed by atoms with Crippen molar-refractivity contribution in [1.29, 1.82) is 5.26 Å². The number of rotatable bonds is 2. The van der Waals surface area contributed by atoms with Crippen LogP contribution in [0.3, 0.4) is 0 Å². The molecular formula is C15H11ClF3N3O3S2. The minimum Gasteiger partial charge on any atom is -0.316 e. The van der Waals surface area contributed by atoms with Gasteiger partial charge < -0.3 is 4.90 Å². The van der Waals surface area contributed by atoms with Gasteiger partial charge in [-0.1, -0.05) is 23.4 Å². The van der Waals surface area contributed by atoms with Gasteiger partial charge in [-0.3, -0.25) is 4.79 Å². The molecule has 0 aliphatic carbocycles. The number of amides is 1. The Bertz CT molecular complexity index is 973. The summed E-state index contributed by atoms with van der Waals surface area (Å²) in [6.45, 7) is 0. The van der Waals surface area contributed by atoms with Crippen molar-refractivity contribution < 1.29 is 26.4 Å². The van der Waals surface area contributed by atoms with E-state index in [4.69, 9.17) is 16.9 Å². The van der Waals surface area contributed by atoms with Crippen molar-refractivity contribution in [3.63, 3.8) is 0 Å². The summed E-state index contributed by atoms with van der Waals surface area (Å²) in [4.78, 5) is 16.9. The minimum absolute atomic E-state index is 0.0346. The van der Waals surface area contributed by atoms with Gasteiger partial charge in [-0.2, -0.15) is 23.4 Å². The molecule has 2 aliphatic heterocycles. The molecule has 2 heterocycles. The van der Waals surface area contributed by atoms with E-state index in [0.29, 0.717) is 0 Å². The molecule has 2 atom stereocenters. The maximum absolute atomic E-state index is 13.2. The van der Waals surface area contributed by atoms with Gasteiger partial charge in [0.1, 0.15) is 6.42 Å². The van der Waals surface area contributed by atoms with Crippen molar-refractivity contribution in [2.75, 3.05) is 16.4 Å². The predicted octanol–water partition coefficient (Wildman–Crippen LogP) is 2.87. The van der Waals surface area contributed by atoms with E-state index in [2.05, 4.69) is 4.99 Å². The number of nitriles is 1. The summed E-state index contributed by atoms with van der Waals surface area (Å²) < 4.78 is 63.5. The van der Waals surface area contributed by atoms with E-state index in [9.17, 15) is 26.4 Å². The first-order valence-electron chi connectivity index (χ1n) is 7.53. The largest absolute Gasteiger partial charge is 0.417 e. The molecule has 0 saturated carbocycles. The molecule has 0 N–H and O–H groups in total. The summed E-state index contributed by atoms with van der Waals surface area (Å²) in [6, 6.07) is 4.18. The molecule has 144 valence electrons. The highest BCUT2D eigenvalue weighted by Gasteiger charge is 2.49. The van der Waals surface area contributed by atoms with Crippen molar-refractivity contribution >= 4 is 50.0 Å². The highest BCUT2D eigenvalue weighted by atomic mass is 35.5. The van der Waals surface area contributed by atoms with Crippen LogP contribution in [-0.4, -0.2) is 42.3 Å². The Labute approximate surface area is 161 Å². The molecule has 0 aromatic heterocycles. The fourth-order valence-corrected chi connectivity index (χ4v) is 7.12. The summed E-state index contributed by atoms with van der Waals surface area (Å²) in [5.74, 6) is -1.18. The second-order valence-corrected chi connectivity index (χ2v) is 9.72. The number of anilines is 1. The molecule has 1 aromatic carbocycles. The van der Waals surface area contributed by atoms with Crippen molar-refractivity contribution in [3.05, 3.63) is 28.8 Å². The third kappa shape index (κ3) is 4.07. The van der Waals surface area contributed by atoms with Crippen LogP contribution in [-0.2, 0) is 20.8 Å².